The molecule has 0 aromatic heterocycles. The molecular weight excluding hydrogens is 695 g/mol. The molecule has 0 aliphatic rings. The van der Waals surface area contributed by atoms with Crippen molar-refractivity contribution >= 4 is 13.7 Å². The zero-order valence-electron chi connectivity index (χ0n) is 35.7. The van der Waals surface area contributed by atoms with Crippen molar-refractivity contribution in [2.45, 2.75) is 193 Å². The largest absolute Gasteiger partial charge is 0.756 e. The Bertz CT molecular complexity index is 1020. The number of phosphoric ester groups is 1. The molecule has 2 N–H and O–H groups in total. The van der Waals surface area contributed by atoms with Crippen LogP contribution in [0.15, 0.2) is 48.6 Å². The maximum Gasteiger partial charge on any atom is 0.268 e. The maximum atomic E-state index is 12.8. The monoisotopic (exact) mass is 781 g/mol. The van der Waals surface area contributed by atoms with Crippen molar-refractivity contribution in [3.63, 3.8) is 0 Å². The number of carbonyl (C=O) groups is 1. The number of unbranched alkanes of at least 4 members (excludes halogenated alkanes) is 21. The van der Waals surface area contributed by atoms with Crippen molar-refractivity contribution in [2.75, 3.05) is 40.9 Å². The molecule has 0 aromatic carbocycles. The van der Waals surface area contributed by atoms with Crippen LogP contribution in [0, 0.1) is 0 Å². The third kappa shape index (κ3) is 38.7. The number of carbonyl (C=O) groups excluding carboxylic acids is 1. The van der Waals surface area contributed by atoms with E-state index in [-0.39, 0.29) is 12.5 Å². The molecule has 3 atom stereocenters. The Balaban J connectivity index is 4.24. The zero-order chi connectivity index (χ0) is 40.0. The van der Waals surface area contributed by atoms with Crippen LogP contribution in [-0.4, -0.2) is 68.5 Å². The number of rotatable bonds is 39. The number of aliphatic hydroxyl groups excluding tert-OH is 1. The molecule has 0 fully saturated rings. The highest BCUT2D eigenvalue weighted by molar-refractivity contribution is 7.45. The third-order valence-corrected chi connectivity index (χ3v) is 10.5. The molecule has 0 spiro atoms. The summed E-state index contributed by atoms with van der Waals surface area (Å²) in [5, 5.41) is 13.7. The minimum absolute atomic E-state index is 0.0113. The molecular formula is C45H85N2O6P. The van der Waals surface area contributed by atoms with Crippen LogP contribution in [0.25, 0.3) is 0 Å². The second-order valence-corrected chi connectivity index (χ2v) is 17.5. The van der Waals surface area contributed by atoms with Crippen LogP contribution in [0.5, 0.6) is 0 Å². The Morgan fingerprint density at radius 2 is 1.11 bits per heavy atom. The van der Waals surface area contributed by atoms with Gasteiger partial charge >= 0.3 is 0 Å². The number of nitrogens with zero attached hydrogens (tertiary/aromatic N) is 1. The van der Waals surface area contributed by atoms with Gasteiger partial charge < -0.3 is 28.8 Å². The summed E-state index contributed by atoms with van der Waals surface area (Å²) in [6.07, 6.45) is 46.3. The molecule has 0 saturated carbocycles. The molecule has 0 rings (SSSR count). The van der Waals surface area contributed by atoms with Crippen molar-refractivity contribution in [3.05, 3.63) is 48.6 Å². The van der Waals surface area contributed by atoms with Gasteiger partial charge in [0.2, 0.25) is 5.91 Å². The summed E-state index contributed by atoms with van der Waals surface area (Å²) in [6.45, 7) is 4.37. The normalized spacial score (nSPS) is 14.9. The van der Waals surface area contributed by atoms with Gasteiger partial charge in [0, 0.05) is 6.42 Å². The Morgan fingerprint density at radius 3 is 1.61 bits per heavy atom. The number of likely N-dealkylation sites (N-methyl/N-ethyl adjacent to an activating group) is 1. The van der Waals surface area contributed by atoms with Gasteiger partial charge in [0.05, 0.1) is 39.9 Å². The second kappa shape index (κ2) is 37.1. The number of allylic oxidation sites excluding steroid dienone is 7. The standard InChI is InChI=1S/C45H85N2O6P/c1-6-8-10-12-14-16-17-18-19-20-21-22-23-24-25-26-27-28-29-31-33-35-37-39-45(49)46-43(42-53-54(50,51)52-41-40-47(3,4)5)44(48)38-36-34-32-30-15-13-11-9-7-2/h7,9,15,24-25,30,36,38,43-44,48H,6,8,10-14,16-23,26-29,31-35,37,39-42H2,1-5H3,(H-,46,49,50,51)/b9-7+,25-24-,30-15+,38-36+. The smallest absolute Gasteiger partial charge is 0.268 e. The predicted octanol–water partition coefficient (Wildman–Crippen LogP) is 11.4. The predicted molar refractivity (Wildman–Crippen MR) is 228 cm³/mol. The summed E-state index contributed by atoms with van der Waals surface area (Å²) in [5.41, 5.74) is 0. The molecule has 3 unspecified atom stereocenters. The molecule has 8 nitrogen and oxygen atoms in total. The van der Waals surface area contributed by atoms with E-state index in [0.717, 1.165) is 44.9 Å². The molecule has 316 valence electrons. The minimum atomic E-state index is -4.59. The van der Waals surface area contributed by atoms with Gasteiger partial charge in [-0.3, -0.25) is 9.36 Å². The average molecular weight is 781 g/mol. The maximum absolute atomic E-state index is 12.8. The Kier molecular flexibility index (Phi) is 36.0. The fourth-order valence-corrected chi connectivity index (χ4v) is 6.79. The average Bonchev–Trinajstić information content (AvgIpc) is 3.12. The summed E-state index contributed by atoms with van der Waals surface area (Å²) in [6, 6.07) is -0.909. The highest BCUT2D eigenvalue weighted by Gasteiger charge is 2.23. The van der Waals surface area contributed by atoms with E-state index in [2.05, 4.69) is 42.6 Å². The van der Waals surface area contributed by atoms with Gasteiger partial charge in [-0.05, 0) is 64.7 Å². The van der Waals surface area contributed by atoms with Gasteiger partial charge in [0.25, 0.3) is 7.82 Å². The van der Waals surface area contributed by atoms with Gasteiger partial charge in [0.1, 0.15) is 13.2 Å². The number of amides is 1. The molecule has 0 radical (unpaired) electrons. The molecule has 0 bridgehead atoms. The number of nitrogens with one attached hydrogen (secondary N) is 1. The van der Waals surface area contributed by atoms with Gasteiger partial charge in [-0.1, -0.05) is 158 Å². The number of phosphoric acid groups is 1. The lowest BCUT2D eigenvalue weighted by atomic mass is 10.0. The lowest BCUT2D eigenvalue weighted by Gasteiger charge is -2.29. The number of hydrogen-bond acceptors (Lipinski definition) is 6. The highest BCUT2D eigenvalue weighted by Crippen LogP contribution is 2.38. The van der Waals surface area contributed by atoms with Crippen LogP contribution in [0.4, 0.5) is 0 Å². The number of hydrogen-bond donors (Lipinski definition) is 2. The summed E-state index contributed by atoms with van der Waals surface area (Å²) in [5.74, 6) is -0.220. The first-order chi connectivity index (χ1) is 26.0. The Hall–Kier alpha value is -1.54. The van der Waals surface area contributed by atoms with Crippen LogP contribution in [0.2, 0.25) is 0 Å². The van der Waals surface area contributed by atoms with Crippen molar-refractivity contribution in [3.8, 4) is 0 Å². The van der Waals surface area contributed by atoms with Crippen molar-refractivity contribution in [2.24, 2.45) is 0 Å². The molecule has 9 heteroatoms. The van der Waals surface area contributed by atoms with E-state index in [0.29, 0.717) is 17.4 Å². The van der Waals surface area contributed by atoms with Gasteiger partial charge in [0.15, 0.2) is 0 Å². The van der Waals surface area contributed by atoms with Crippen LogP contribution >= 0.6 is 7.82 Å². The topological polar surface area (TPSA) is 108 Å². The molecule has 0 saturated heterocycles. The molecule has 54 heavy (non-hydrogen) atoms. The van der Waals surface area contributed by atoms with Crippen molar-refractivity contribution in [1.29, 1.82) is 0 Å². The summed E-state index contributed by atoms with van der Waals surface area (Å²) in [4.78, 5) is 25.2. The molecule has 1 amide bonds. The molecule has 0 aliphatic heterocycles. The van der Waals surface area contributed by atoms with Gasteiger partial charge in [-0.2, -0.15) is 0 Å². The molecule has 0 aromatic rings. The van der Waals surface area contributed by atoms with E-state index in [1.54, 1.807) is 6.08 Å². The van der Waals surface area contributed by atoms with E-state index in [4.69, 9.17) is 9.05 Å². The lowest BCUT2D eigenvalue weighted by molar-refractivity contribution is -0.870. The highest BCUT2D eigenvalue weighted by atomic mass is 31.2. The van der Waals surface area contributed by atoms with Gasteiger partial charge in [-0.15, -0.1) is 0 Å². The second-order valence-electron chi connectivity index (χ2n) is 16.0. The fraction of sp³-hybridized carbons (Fsp3) is 0.800. The Labute approximate surface area is 333 Å². The SMILES string of the molecule is C/C=C/CC/C=C/CC/C=C/C(O)C(COP(=O)([O-])OCC[N+](C)(C)C)NC(=O)CCCCCCCCC/C=C\CCCCCCCCCCCCCC. The summed E-state index contributed by atoms with van der Waals surface area (Å²) < 4.78 is 23.1. The van der Waals surface area contributed by atoms with Crippen LogP contribution in [0.1, 0.15) is 181 Å². The molecule has 0 heterocycles. The summed E-state index contributed by atoms with van der Waals surface area (Å²) >= 11 is 0. The Morgan fingerprint density at radius 1 is 0.667 bits per heavy atom. The first kappa shape index (κ1) is 52.5. The van der Waals surface area contributed by atoms with E-state index >= 15 is 0 Å². The van der Waals surface area contributed by atoms with Crippen LogP contribution < -0.4 is 10.2 Å². The van der Waals surface area contributed by atoms with E-state index in [1.807, 2.05) is 40.2 Å². The lowest BCUT2D eigenvalue weighted by Crippen LogP contribution is -2.45. The van der Waals surface area contributed by atoms with Crippen LogP contribution in [0.3, 0.4) is 0 Å². The van der Waals surface area contributed by atoms with Crippen LogP contribution in [-0.2, 0) is 18.4 Å². The number of aliphatic hydroxyl groups is 1. The van der Waals surface area contributed by atoms with Gasteiger partial charge in [-0.25, -0.2) is 0 Å². The van der Waals surface area contributed by atoms with Crippen molar-refractivity contribution in [1.82, 2.24) is 5.32 Å². The van der Waals surface area contributed by atoms with E-state index < -0.39 is 26.6 Å². The molecule has 0 aliphatic carbocycles. The zero-order valence-corrected chi connectivity index (χ0v) is 36.6. The third-order valence-electron chi connectivity index (χ3n) is 9.58. The first-order valence-corrected chi connectivity index (χ1v) is 23.4. The van der Waals surface area contributed by atoms with E-state index in [1.165, 1.54) is 116 Å². The summed E-state index contributed by atoms with van der Waals surface area (Å²) in [7, 11) is 1.22. The first-order valence-electron chi connectivity index (χ1n) is 22.0. The van der Waals surface area contributed by atoms with E-state index in [9.17, 15) is 19.4 Å². The fourth-order valence-electron chi connectivity index (χ4n) is 6.07. The quantitative estimate of drug-likeness (QED) is 0.0278. The minimum Gasteiger partial charge on any atom is -0.756 e. The number of quaternary nitrogens is 1. The van der Waals surface area contributed by atoms with Crippen molar-refractivity contribution < 1.29 is 32.9 Å².